The van der Waals surface area contributed by atoms with E-state index in [1.165, 1.54) is 5.56 Å². The highest BCUT2D eigenvalue weighted by Gasteiger charge is 2.21. The second-order valence-corrected chi connectivity index (χ2v) is 7.60. The van der Waals surface area contributed by atoms with Gasteiger partial charge < -0.3 is 25.1 Å². The van der Waals surface area contributed by atoms with Gasteiger partial charge in [-0.15, -0.1) is 0 Å². The fraction of sp³-hybridized carbons (Fsp3) is 0.292. The van der Waals surface area contributed by atoms with E-state index in [0.29, 0.717) is 25.4 Å². The van der Waals surface area contributed by atoms with Crippen LogP contribution in [0.1, 0.15) is 12.5 Å². The number of nitrogens with one attached hydrogen (secondary N) is 1. The predicted molar refractivity (Wildman–Crippen MR) is 122 cm³/mol. The molecule has 7 heteroatoms. The average Bonchev–Trinajstić information content (AvgIpc) is 3.31. The second kappa shape index (κ2) is 9.57. The number of benzene rings is 2. The van der Waals surface area contributed by atoms with E-state index in [4.69, 9.17) is 14.9 Å². The molecule has 0 bridgehead atoms. The first-order valence-electron chi connectivity index (χ1n) is 10.5. The molecule has 0 atom stereocenters. The van der Waals surface area contributed by atoms with Gasteiger partial charge in [-0.1, -0.05) is 18.2 Å². The number of anilines is 3. The molecule has 0 radical (unpaired) electrons. The summed E-state index contributed by atoms with van der Waals surface area (Å²) in [6, 6.07) is 16.2. The first kappa shape index (κ1) is 20.8. The van der Waals surface area contributed by atoms with Crippen LogP contribution in [0.4, 0.5) is 21.9 Å². The van der Waals surface area contributed by atoms with E-state index in [2.05, 4.69) is 22.3 Å². The van der Waals surface area contributed by atoms with Crippen molar-refractivity contribution >= 4 is 23.2 Å². The Kier molecular flexibility index (Phi) is 6.43. The highest BCUT2D eigenvalue weighted by molar-refractivity contribution is 5.78. The second-order valence-electron chi connectivity index (χ2n) is 7.60. The molecule has 3 aromatic rings. The molecule has 2 heterocycles. The Morgan fingerprint density at radius 1 is 1.10 bits per heavy atom. The van der Waals surface area contributed by atoms with Crippen LogP contribution in [-0.2, 0) is 11.3 Å². The zero-order valence-electron chi connectivity index (χ0n) is 17.7. The number of nitrogen functional groups attached to an aromatic ring is 1. The van der Waals surface area contributed by atoms with Crippen LogP contribution in [0, 0.1) is 0 Å². The molecule has 4 rings (SSSR count). The fourth-order valence-electron chi connectivity index (χ4n) is 3.75. The van der Waals surface area contributed by atoms with E-state index < -0.39 is 0 Å². The van der Waals surface area contributed by atoms with E-state index in [9.17, 15) is 4.79 Å². The van der Waals surface area contributed by atoms with Crippen molar-refractivity contribution in [3.05, 3.63) is 66.6 Å². The SMILES string of the molecule is CCOC(=O)N1CCN(Cc2cccc(Nc3ccc(-c4ccoc4)cc3N)c2)CC1. The molecular weight excluding hydrogens is 392 g/mol. The molecule has 0 unspecified atom stereocenters. The number of ether oxygens (including phenoxy) is 1. The molecule has 1 amide bonds. The molecule has 1 aliphatic heterocycles. The van der Waals surface area contributed by atoms with Gasteiger partial charge in [0.25, 0.3) is 0 Å². The summed E-state index contributed by atoms with van der Waals surface area (Å²) in [5.74, 6) is 0. The highest BCUT2D eigenvalue weighted by Crippen LogP contribution is 2.29. The van der Waals surface area contributed by atoms with Crippen LogP contribution >= 0.6 is 0 Å². The molecule has 0 saturated carbocycles. The number of hydrogen-bond acceptors (Lipinski definition) is 6. The van der Waals surface area contributed by atoms with Crippen LogP contribution in [0.25, 0.3) is 11.1 Å². The summed E-state index contributed by atoms with van der Waals surface area (Å²) in [6.07, 6.45) is 3.14. The van der Waals surface area contributed by atoms with Gasteiger partial charge >= 0.3 is 6.09 Å². The number of amides is 1. The lowest BCUT2D eigenvalue weighted by Gasteiger charge is -2.34. The molecule has 31 heavy (non-hydrogen) atoms. The number of nitrogens with two attached hydrogens (primary N) is 1. The molecule has 1 aliphatic rings. The van der Waals surface area contributed by atoms with E-state index in [1.54, 1.807) is 17.4 Å². The predicted octanol–water partition coefficient (Wildman–Crippen LogP) is 4.55. The van der Waals surface area contributed by atoms with Gasteiger partial charge in [-0.25, -0.2) is 4.79 Å². The van der Waals surface area contributed by atoms with Gasteiger partial charge in [0.05, 0.1) is 30.5 Å². The number of hydrogen-bond donors (Lipinski definition) is 2. The Bertz CT molecular complexity index is 1010. The zero-order chi connectivity index (χ0) is 21.6. The van der Waals surface area contributed by atoms with Crippen molar-refractivity contribution in [2.45, 2.75) is 13.5 Å². The van der Waals surface area contributed by atoms with Crippen molar-refractivity contribution in [2.75, 3.05) is 43.8 Å². The molecule has 7 nitrogen and oxygen atoms in total. The number of rotatable bonds is 6. The lowest BCUT2D eigenvalue weighted by molar-refractivity contribution is 0.0778. The zero-order valence-corrected chi connectivity index (χ0v) is 17.7. The van der Waals surface area contributed by atoms with Gasteiger partial charge in [0, 0.05) is 44.0 Å². The van der Waals surface area contributed by atoms with Crippen LogP contribution in [0.2, 0.25) is 0 Å². The van der Waals surface area contributed by atoms with Crippen LogP contribution in [-0.4, -0.2) is 48.7 Å². The van der Waals surface area contributed by atoms with E-state index in [0.717, 1.165) is 42.1 Å². The fourth-order valence-corrected chi connectivity index (χ4v) is 3.75. The summed E-state index contributed by atoms with van der Waals surface area (Å²) < 4.78 is 10.2. The highest BCUT2D eigenvalue weighted by atomic mass is 16.6. The van der Waals surface area contributed by atoms with Gasteiger partial charge in [-0.2, -0.15) is 0 Å². The first-order valence-corrected chi connectivity index (χ1v) is 10.5. The Balaban J connectivity index is 1.36. The maximum Gasteiger partial charge on any atom is 0.409 e. The van der Waals surface area contributed by atoms with E-state index in [-0.39, 0.29) is 6.09 Å². The molecule has 0 spiro atoms. The topological polar surface area (TPSA) is 84.0 Å². The number of carbonyl (C=O) groups excluding carboxylic acids is 1. The molecule has 3 N–H and O–H groups in total. The minimum absolute atomic E-state index is 0.218. The van der Waals surface area contributed by atoms with Crippen molar-refractivity contribution in [3.63, 3.8) is 0 Å². The lowest BCUT2D eigenvalue weighted by atomic mass is 10.1. The summed E-state index contributed by atoms with van der Waals surface area (Å²) in [6.45, 7) is 6.12. The summed E-state index contributed by atoms with van der Waals surface area (Å²) in [7, 11) is 0. The van der Waals surface area contributed by atoms with Gasteiger partial charge in [0.2, 0.25) is 0 Å². The Morgan fingerprint density at radius 3 is 2.65 bits per heavy atom. The molecule has 1 aromatic heterocycles. The van der Waals surface area contributed by atoms with Gasteiger partial charge in [0.15, 0.2) is 0 Å². The minimum Gasteiger partial charge on any atom is -0.472 e. The first-order chi connectivity index (χ1) is 15.1. The van der Waals surface area contributed by atoms with Crippen molar-refractivity contribution in [1.29, 1.82) is 0 Å². The number of nitrogens with zero attached hydrogens (tertiary/aromatic N) is 2. The third-order valence-electron chi connectivity index (χ3n) is 5.42. The van der Waals surface area contributed by atoms with Crippen LogP contribution < -0.4 is 11.1 Å². The molecule has 1 saturated heterocycles. The summed E-state index contributed by atoms with van der Waals surface area (Å²) >= 11 is 0. The quantitative estimate of drug-likeness (QED) is 0.570. The summed E-state index contributed by atoms with van der Waals surface area (Å²) in [5.41, 5.74) is 12.1. The minimum atomic E-state index is -0.218. The average molecular weight is 421 g/mol. The molecule has 162 valence electrons. The van der Waals surface area contributed by atoms with Gasteiger partial charge in [-0.3, -0.25) is 4.90 Å². The molecule has 1 fully saturated rings. The van der Waals surface area contributed by atoms with Crippen molar-refractivity contribution < 1.29 is 13.9 Å². The number of piperazine rings is 1. The normalized spacial score (nSPS) is 14.4. The maximum atomic E-state index is 11.9. The van der Waals surface area contributed by atoms with Crippen molar-refractivity contribution in [3.8, 4) is 11.1 Å². The lowest BCUT2D eigenvalue weighted by Crippen LogP contribution is -2.48. The molecule has 2 aromatic carbocycles. The monoisotopic (exact) mass is 420 g/mol. The van der Waals surface area contributed by atoms with E-state index in [1.807, 2.05) is 43.3 Å². The van der Waals surface area contributed by atoms with Crippen LogP contribution in [0.5, 0.6) is 0 Å². The third-order valence-corrected chi connectivity index (χ3v) is 5.42. The number of carbonyl (C=O) groups is 1. The third kappa shape index (κ3) is 5.19. The largest absolute Gasteiger partial charge is 0.472 e. The molecular formula is C24H28N4O3. The van der Waals surface area contributed by atoms with Crippen LogP contribution in [0.15, 0.2) is 65.5 Å². The van der Waals surface area contributed by atoms with Crippen molar-refractivity contribution in [2.24, 2.45) is 0 Å². The van der Waals surface area contributed by atoms with Gasteiger partial charge in [-0.05, 0) is 48.4 Å². The smallest absolute Gasteiger partial charge is 0.409 e. The Hall–Kier alpha value is -3.45. The summed E-state index contributed by atoms with van der Waals surface area (Å²) in [4.78, 5) is 16.0. The number of furan rings is 1. The standard InChI is InChI=1S/C24H28N4O3/c1-2-31-24(29)28-11-9-27(10-12-28)16-18-4-3-5-21(14-18)26-23-7-6-19(15-22(23)25)20-8-13-30-17-20/h3-8,13-15,17,26H,2,9-12,16,25H2,1H3. The van der Waals surface area contributed by atoms with Crippen molar-refractivity contribution in [1.82, 2.24) is 9.80 Å². The van der Waals surface area contributed by atoms with Crippen LogP contribution in [0.3, 0.4) is 0 Å². The molecule has 0 aliphatic carbocycles. The van der Waals surface area contributed by atoms with E-state index >= 15 is 0 Å². The Morgan fingerprint density at radius 2 is 1.94 bits per heavy atom. The summed E-state index contributed by atoms with van der Waals surface area (Å²) in [5, 5.41) is 3.42. The Labute approximate surface area is 182 Å². The van der Waals surface area contributed by atoms with Gasteiger partial charge in [0.1, 0.15) is 0 Å². The maximum absolute atomic E-state index is 11.9.